The molecule has 2 aromatic carbocycles. The standard InChI is InChI=1S/C21H27NO3/c1-4-20(17-9-7-16(2)8-10-17)22-21(23)6-5-15-25-19-13-11-18(24-3)12-14-19/h7-14,20H,4-6,15H2,1-3H3,(H,22,23)/t20-/m0/s1. The van der Waals surface area contributed by atoms with E-state index in [-0.39, 0.29) is 11.9 Å². The number of aryl methyl sites for hydroxylation is 1. The Labute approximate surface area is 150 Å². The lowest BCUT2D eigenvalue weighted by atomic mass is 10.0. The highest BCUT2D eigenvalue weighted by molar-refractivity contribution is 5.76. The Morgan fingerprint density at radius 3 is 2.28 bits per heavy atom. The molecule has 0 saturated carbocycles. The Balaban J connectivity index is 1.72. The lowest BCUT2D eigenvalue weighted by Crippen LogP contribution is -2.28. The van der Waals surface area contributed by atoms with E-state index in [0.29, 0.717) is 19.4 Å². The summed E-state index contributed by atoms with van der Waals surface area (Å²) in [6.45, 7) is 4.66. The number of amides is 1. The third-order valence-corrected chi connectivity index (χ3v) is 4.10. The van der Waals surface area contributed by atoms with Crippen molar-refractivity contribution in [2.45, 2.75) is 39.2 Å². The molecule has 1 N–H and O–H groups in total. The predicted molar refractivity (Wildman–Crippen MR) is 100 cm³/mol. The predicted octanol–water partition coefficient (Wildman–Crippen LogP) is 4.43. The van der Waals surface area contributed by atoms with Gasteiger partial charge in [0.15, 0.2) is 0 Å². The van der Waals surface area contributed by atoms with E-state index in [1.165, 1.54) is 5.56 Å². The van der Waals surface area contributed by atoms with Crippen molar-refractivity contribution in [2.75, 3.05) is 13.7 Å². The van der Waals surface area contributed by atoms with Crippen LogP contribution >= 0.6 is 0 Å². The molecule has 4 heteroatoms. The third kappa shape index (κ3) is 6.14. The number of carbonyl (C=O) groups excluding carboxylic acids is 1. The summed E-state index contributed by atoms with van der Waals surface area (Å²) in [5, 5.41) is 3.11. The number of methoxy groups -OCH3 is 1. The minimum atomic E-state index is 0.0609. The molecule has 0 fully saturated rings. The second-order valence-corrected chi connectivity index (χ2v) is 6.07. The first-order valence-electron chi connectivity index (χ1n) is 8.75. The summed E-state index contributed by atoms with van der Waals surface area (Å²) in [4.78, 5) is 12.2. The molecule has 2 aromatic rings. The average molecular weight is 341 g/mol. The number of benzene rings is 2. The van der Waals surface area contributed by atoms with Gasteiger partial charge in [-0.15, -0.1) is 0 Å². The molecule has 0 bridgehead atoms. The average Bonchev–Trinajstić information content (AvgIpc) is 2.64. The highest BCUT2D eigenvalue weighted by Crippen LogP contribution is 2.18. The highest BCUT2D eigenvalue weighted by Gasteiger charge is 2.12. The van der Waals surface area contributed by atoms with Crippen molar-refractivity contribution >= 4 is 5.91 Å². The molecule has 0 radical (unpaired) electrons. The molecule has 0 heterocycles. The van der Waals surface area contributed by atoms with Crippen LogP contribution in [-0.2, 0) is 4.79 Å². The fourth-order valence-electron chi connectivity index (χ4n) is 2.58. The summed E-state index contributed by atoms with van der Waals surface area (Å²) in [6, 6.07) is 15.8. The van der Waals surface area contributed by atoms with Crippen molar-refractivity contribution in [1.82, 2.24) is 5.32 Å². The lowest BCUT2D eigenvalue weighted by Gasteiger charge is -2.18. The molecule has 1 atom stereocenters. The fourth-order valence-corrected chi connectivity index (χ4v) is 2.58. The van der Waals surface area contributed by atoms with Gasteiger partial charge in [-0.2, -0.15) is 0 Å². The molecule has 0 aliphatic carbocycles. The molecule has 134 valence electrons. The van der Waals surface area contributed by atoms with E-state index in [9.17, 15) is 4.79 Å². The Morgan fingerprint density at radius 2 is 1.68 bits per heavy atom. The van der Waals surface area contributed by atoms with Crippen LogP contribution in [0, 0.1) is 6.92 Å². The molecule has 0 aliphatic heterocycles. The van der Waals surface area contributed by atoms with Gasteiger partial charge in [0.25, 0.3) is 0 Å². The van der Waals surface area contributed by atoms with Gasteiger partial charge in [-0.25, -0.2) is 0 Å². The molecule has 1 amide bonds. The summed E-state index contributed by atoms with van der Waals surface area (Å²) in [7, 11) is 1.63. The lowest BCUT2D eigenvalue weighted by molar-refractivity contribution is -0.122. The van der Waals surface area contributed by atoms with Gasteiger partial charge in [0.1, 0.15) is 11.5 Å². The maximum absolute atomic E-state index is 12.2. The van der Waals surface area contributed by atoms with Gasteiger partial charge in [-0.3, -0.25) is 4.79 Å². The van der Waals surface area contributed by atoms with Crippen molar-refractivity contribution < 1.29 is 14.3 Å². The number of ether oxygens (including phenoxy) is 2. The summed E-state index contributed by atoms with van der Waals surface area (Å²) >= 11 is 0. The molecule has 4 nitrogen and oxygen atoms in total. The normalized spacial score (nSPS) is 11.6. The maximum atomic E-state index is 12.2. The molecule has 0 saturated heterocycles. The van der Waals surface area contributed by atoms with E-state index in [4.69, 9.17) is 9.47 Å². The molecule has 25 heavy (non-hydrogen) atoms. The van der Waals surface area contributed by atoms with Crippen molar-refractivity contribution in [3.05, 3.63) is 59.7 Å². The smallest absolute Gasteiger partial charge is 0.220 e. The first kappa shape index (κ1) is 18.8. The number of hydrogen-bond acceptors (Lipinski definition) is 3. The molecule has 0 aliphatic rings. The summed E-state index contributed by atoms with van der Waals surface area (Å²) in [6.07, 6.45) is 2.01. The van der Waals surface area contributed by atoms with Crippen molar-refractivity contribution in [2.24, 2.45) is 0 Å². The zero-order valence-corrected chi connectivity index (χ0v) is 15.2. The zero-order chi connectivity index (χ0) is 18.1. The van der Waals surface area contributed by atoms with Crippen molar-refractivity contribution in [3.63, 3.8) is 0 Å². The van der Waals surface area contributed by atoms with Crippen LogP contribution in [0.15, 0.2) is 48.5 Å². The number of carbonyl (C=O) groups is 1. The van der Waals surface area contributed by atoms with Crippen LogP contribution in [0.3, 0.4) is 0 Å². The zero-order valence-electron chi connectivity index (χ0n) is 15.2. The van der Waals surface area contributed by atoms with Gasteiger partial charge in [0.2, 0.25) is 5.91 Å². The molecular formula is C21H27NO3. The van der Waals surface area contributed by atoms with Crippen LogP contribution in [0.25, 0.3) is 0 Å². The number of nitrogens with one attached hydrogen (secondary N) is 1. The van der Waals surface area contributed by atoms with Gasteiger partial charge in [-0.1, -0.05) is 36.8 Å². The van der Waals surface area contributed by atoms with Gasteiger partial charge >= 0.3 is 0 Å². The number of hydrogen-bond donors (Lipinski definition) is 1. The SMILES string of the molecule is CC[C@H](NC(=O)CCCOc1ccc(OC)cc1)c1ccc(C)cc1. The van der Waals surface area contributed by atoms with E-state index in [1.807, 2.05) is 24.3 Å². The van der Waals surface area contributed by atoms with Gasteiger partial charge in [0, 0.05) is 6.42 Å². The van der Waals surface area contributed by atoms with Gasteiger partial charge in [-0.05, 0) is 49.6 Å². The second kappa shape index (κ2) is 9.72. The van der Waals surface area contributed by atoms with Gasteiger partial charge in [0.05, 0.1) is 19.8 Å². The molecule has 0 aromatic heterocycles. The van der Waals surface area contributed by atoms with Crippen LogP contribution in [-0.4, -0.2) is 19.6 Å². The summed E-state index contributed by atoms with van der Waals surface area (Å²) in [5.41, 5.74) is 2.37. The van der Waals surface area contributed by atoms with Crippen LogP contribution < -0.4 is 14.8 Å². The highest BCUT2D eigenvalue weighted by atomic mass is 16.5. The third-order valence-electron chi connectivity index (χ3n) is 4.10. The van der Waals surface area contributed by atoms with Crippen LogP contribution in [0.5, 0.6) is 11.5 Å². The molecule has 0 spiro atoms. The quantitative estimate of drug-likeness (QED) is 0.686. The van der Waals surface area contributed by atoms with E-state index in [1.54, 1.807) is 7.11 Å². The molecular weight excluding hydrogens is 314 g/mol. The topological polar surface area (TPSA) is 47.6 Å². The van der Waals surface area contributed by atoms with Crippen LogP contribution in [0.2, 0.25) is 0 Å². The second-order valence-electron chi connectivity index (χ2n) is 6.07. The monoisotopic (exact) mass is 341 g/mol. The van der Waals surface area contributed by atoms with E-state index in [0.717, 1.165) is 23.5 Å². The van der Waals surface area contributed by atoms with E-state index in [2.05, 4.69) is 43.4 Å². The first-order valence-corrected chi connectivity index (χ1v) is 8.75. The first-order chi connectivity index (χ1) is 12.1. The fraction of sp³-hybridized carbons (Fsp3) is 0.381. The van der Waals surface area contributed by atoms with Gasteiger partial charge < -0.3 is 14.8 Å². The van der Waals surface area contributed by atoms with Crippen LogP contribution in [0.4, 0.5) is 0 Å². The molecule has 2 rings (SSSR count). The minimum Gasteiger partial charge on any atom is -0.497 e. The largest absolute Gasteiger partial charge is 0.497 e. The van der Waals surface area contributed by atoms with Crippen molar-refractivity contribution in [3.8, 4) is 11.5 Å². The summed E-state index contributed by atoms with van der Waals surface area (Å²) < 4.78 is 10.8. The maximum Gasteiger partial charge on any atom is 0.220 e. The van der Waals surface area contributed by atoms with E-state index >= 15 is 0 Å². The van der Waals surface area contributed by atoms with Crippen molar-refractivity contribution in [1.29, 1.82) is 0 Å². The minimum absolute atomic E-state index is 0.0609. The number of rotatable bonds is 9. The van der Waals surface area contributed by atoms with Crippen LogP contribution in [0.1, 0.15) is 43.4 Å². The summed E-state index contributed by atoms with van der Waals surface area (Å²) in [5.74, 6) is 1.64. The Bertz CT molecular complexity index is 650. The molecule has 0 unspecified atom stereocenters. The Morgan fingerprint density at radius 1 is 1.04 bits per heavy atom. The van der Waals surface area contributed by atoms with E-state index < -0.39 is 0 Å². The Kier molecular flexibility index (Phi) is 7.33. The Hall–Kier alpha value is -2.49.